The predicted molar refractivity (Wildman–Crippen MR) is 105 cm³/mol. The van der Waals surface area contributed by atoms with Crippen LogP contribution in [0.3, 0.4) is 0 Å². The van der Waals surface area contributed by atoms with Crippen LogP contribution in [0.4, 0.5) is 23.1 Å². The lowest BCUT2D eigenvalue weighted by Crippen LogP contribution is -2.05. The minimum atomic E-state index is 0.139. The Bertz CT molecular complexity index is 883. The Hall–Kier alpha value is -2.86. The minimum absolute atomic E-state index is 0.139. The van der Waals surface area contributed by atoms with Crippen molar-refractivity contribution in [2.24, 2.45) is 0 Å². The van der Waals surface area contributed by atoms with Crippen LogP contribution in [0.1, 0.15) is 19.4 Å². The quantitative estimate of drug-likeness (QED) is 0.629. The number of rotatable bonds is 6. The average Bonchev–Trinajstić information content (AvgIpc) is 2.59. The van der Waals surface area contributed by atoms with Crippen LogP contribution in [0.15, 0.2) is 48.7 Å². The fourth-order valence-electron chi connectivity index (χ4n) is 2.34. The van der Waals surface area contributed by atoms with E-state index in [0.717, 1.165) is 22.7 Å². The van der Waals surface area contributed by atoms with Crippen LogP contribution in [-0.2, 0) is 0 Å². The highest BCUT2D eigenvalue weighted by Crippen LogP contribution is 2.23. The van der Waals surface area contributed by atoms with Crippen molar-refractivity contribution in [3.8, 4) is 5.75 Å². The van der Waals surface area contributed by atoms with Crippen LogP contribution in [0.2, 0.25) is 5.02 Å². The molecule has 0 amide bonds. The molecule has 0 aliphatic heterocycles. The number of benzene rings is 2. The molecule has 0 bridgehead atoms. The Balaban J connectivity index is 1.71. The molecule has 0 atom stereocenters. The monoisotopic (exact) mass is 369 g/mol. The molecule has 1 heterocycles. The summed E-state index contributed by atoms with van der Waals surface area (Å²) in [6.07, 6.45) is 1.71. The molecule has 2 N–H and O–H groups in total. The van der Waals surface area contributed by atoms with E-state index in [0.29, 0.717) is 16.8 Å². The maximum Gasteiger partial charge on any atom is 0.249 e. The van der Waals surface area contributed by atoms with E-state index < -0.39 is 0 Å². The molecule has 0 spiro atoms. The van der Waals surface area contributed by atoms with Gasteiger partial charge in [0.25, 0.3) is 0 Å². The first-order chi connectivity index (χ1) is 12.5. The number of hydrogen-bond acceptors (Lipinski definition) is 6. The molecule has 2 aromatic carbocycles. The van der Waals surface area contributed by atoms with Crippen LogP contribution in [0.25, 0.3) is 0 Å². The van der Waals surface area contributed by atoms with Gasteiger partial charge in [-0.1, -0.05) is 11.6 Å². The topological polar surface area (TPSA) is 72.0 Å². The second-order valence-corrected chi connectivity index (χ2v) is 6.50. The normalized spacial score (nSPS) is 10.7. The lowest BCUT2D eigenvalue weighted by molar-refractivity contribution is 0.242. The number of hydrogen-bond donors (Lipinski definition) is 2. The molecule has 3 aromatic rings. The lowest BCUT2D eigenvalue weighted by Gasteiger charge is -2.11. The zero-order valence-corrected chi connectivity index (χ0v) is 15.6. The van der Waals surface area contributed by atoms with E-state index in [2.05, 4.69) is 25.8 Å². The zero-order chi connectivity index (χ0) is 18.5. The number of nitrogens with one attached hydrogen (secondary N) is 2. The third-order valence-corrected chi connectivity index (χ3v) is 3.73. The molecule has 26 heavy (non-hydrogen) atoms. The largest absolute Gasteiger partial charge is 0.491 e. The van der Waals surface area contributed by atoms with Gasteiger partial charge in [0, 0.05) is 16.4 Å². The first-order valence-corrected chi connectivity index (χ1v) is 8.64. The summed E-state index contributed by atoms with van der Waals surface area (Å²) in [5, 5.41) is 15.1. The van der Waals surface area contributed by atoms with Crippen LogP contribution in [-0.4, -0.2) is 21.3 Å². The highest BCUT2D eigenvalue weighted by Gasteiger charge is 2.05. The summed E-state index contributed by atoms with van der Waals surface area (Å²) in [7, 11) is 0. The molecular formula is C19H20ClN5O. The second-order valence-electron chi connectivity index (χ2n) is 6.07. The number of anilines is 4. The van der Waals surface area contributed by atoms with Gasteiger partial charge in [-0.25, -0.2) is 0 Å². The summed E-state index contributed by atoms with van der Waals surface area (Å²) >= 11 is 5.99. The van der Waals surface area contributed by atoms with Gasteiger partial charge in [-0.3, -0.25) is 0 Å². The van der Waals surface area contributed by atoms with Crippen LogP contribution >= 0.6 is 11.6 Å². The fraction of sp³-hybridized carbons (Fsp3) is 0.211. The third-order valence-electron chi connectivity index (χ3n) is 3.49. The van der Waals surface area contributed by atoms with Crippen molar-refractivity contribution in [3.05, 3.63) is 59.2 Å². The Morgan fingerprint density at radius 3 is 2.50 bits per heavy atom. The molecule has 3 rings (SSSR count). The summed E-state index contributed by atoms with van der Waals surface area (Å²) in [4.78, 5) is 4.44. The van der Waals surface area contributed by atoms with Crippen molar-refractivity contribution < 1.29 is 4.74 Å². The van der Waals surface area contributed by atoms with Gasteiger partial charge in [0.15, 0.2) is 5.82 Å². The molecule has 0 radical (unpaired) electrons. The Morgan fingerprint density at radius 2 is 1.81 bits per heavy atom. The van der Waals surface area contributed by atoms with Crippen molar-refractivity contribution in [1.29, 1.82) is 0 Å². The molecule has 0 aliphatic rings. The summed E-state index contributed by atoms with van der Waals surface area (Å²) in [6.45, 7) is 5.96. The van der Waals surface area contributed by atoms with Gasteiger partial charge < -0.3 is 15.4 Å². The first kappa shape index (κ1) is 17.9. The average molecular weight is 370 g/mol. The van der Waals surface area contributed by atoms with E-state index in [1.165, 1.54) is 0 Å². The van der Waals surface area contributed by atoms with Gasteiger partial charge >= 0.3 is 0 Å². The van der Waals surface area contributed by atoms with Gasteiger partial charge in [0.1, 0.15) is 5.75 Å². The SMILES string of the molecule is Cc1cc(Cl)ccc1Nc1cnnc(Nc2ccc(OC(C)C)cc2)n1. The van der Waals surface area contributed by atoms with Crippen molar-refractivity contribution in [1.82, 2.24) is 15.2 Å². The molecular weight excluding hydrogens is 350 g/mol. The van der Waals surface area contributed by atoms with E-state index in [4.69, 9.17) is 16.3 Å². The van der Waals surface area contributed by atoms with Crippen molar-refractivity contribution in [2.45, 2.75) is 26.9 Å². The molecule has 0 fully saturated rings. The fourth-order valence-corrected chi connectivity index (χ4v) is 2.57. The van der Waals surface area contributed by atoms with E-state index in [9.17, 15) is 0 Å². The molecule has 0 unspecified atom stereocenters. The van der Waals surface area contributed by atoms with Crippen LogP contribution in [0, 0.1) is 6.92 Å². The minimum Gasteiger partial charge on any atom is -0.491 e. The number of nitrogens with zero attached hydrogens (tertiary/aromatic N) is 3. The highest BCUT2D eigenvalue weighted by atomic mass is 35.5. The molecule has 0 saturated carbocycles. The lowest BCUT2D eigenvalue weighted by atomic mass is 10.2. The Morgan fingerprint density at radius 1 is 1.04 bits per heavy atom. The molecule has 0 saturated heterocycles. The van der Waals surface area contributed by atoms with Crippen LogP contribution < -0.4 is 15.4 Å². The molecule has 134 valence electrons. The third kappa shape index (κ3) is 4.83. The van der Waals surface area contributed by atoms with Gasteiger partial charge in [-0.15, -0.1) is 5.10 Å². The van der Waals surface area contributed by atoms with Gasteiger partial charge in [0.2, 0.25) is 5.95 Å². The summed E-state index contributed by atoms with van der Waals surface area (Å²) in [5.74, 6) is 1.81. The van der Waals surface area contributed by atoms with Crippen molar-refractivity contribution in [3.63, 3.8) is 0 Å². The number of ether oxygens (including phenoxy) is 1. The smallest absolute Gasteiger partial charge is 0.249 e. The molecule has 7 heteroatoms. The van der Waals surface area contributed by atoms with E-state index in [-0.39, 0.29) is 6.10 Å². The highest BCUT2D eigenvalue weighted by molar-refractivity contribution is 6.30. The van der Waals surface area contributed by atoms with E-state index in [1.54, 1.807) is 6.20 Å². The molecule has 1 aromatic heterocycles. The maximum absolute atomic E-state index is 5.99. The van der Waals surface area contributed by atoms with Crippen LogP contribution in [0.5, 0.6) is 5.75 Å². The number of halogens is 1. The molecule has 6 nitrogen and oxygen atoms in total. The van der Waals surface area contributed by atoms with Gasteiger partial charge in [0.05, 0.1) is 12.3 Å². The summed E-state index contributed by atoms with van der Waals surface area (Å²) < 4.78 is 5.63. The summed E-state index contributed by atoms with van der Waals surface area (Å²) in [5.41, 5.74) is 2.78. The van der Waals surface area contributed by atoms with E-state index >= 15 is 0 Å². The van der Waals surface area contributed by atoms with Crippen molar-refractivity contribution in [2.75, 3.05) is 10.6 Å². The Labute approximate surface area is 157 Å². The number of aromatic nitrogens is 3. The summed E-state index contributed by atoms with van der Waals surface area (Å²) in [6, 6.07) is 13.2. The van der Waals surface area contributed by atoms with E-state index in [1.807, 2.05) is 63.2 Å². The standard InChI is InChI=1S/C19H20ClN5O/c1-12(2)26-16-7-5-15(6-8-16)22-19-24-18(11-21-25-19)23-17-9-4-14(20)10-13(17)3/h4-12H,1-3H3,(H2,22,23,24,25). The van der Waals surface area contributed by atoms with Gasteiger partial charge in [-0.2, -0.15) is 10.1 Å². The first-order valence-electron chi connectivity index (χ1n) is 8.26. The zero-order valence-electron chi connectivity index (χ0n) is 14.8. The Kier molecular flexibility index (Phi) is 5.53. The van der Waals surface area contributed by atoms with Crippen molar-refractivity contribution >= 4 is 34.7 Å². The number of aryl methyl sites for hydroxylation is 1. The predicted octanol–water partition coefficient (Wildman–Crippen LogP) is 5.11. The van der Waals surface area contributed by atoms with Gasteiger partial charge in [-0.05, 0) is 68.8 Å². The maximum atomic E-state index is 5.99. The molecule has 0 aliphatic carbocycles. The second kappa shape index (κ2) is 8.01.